The fourth-order valence-corrected chi connectivity index (χ4v) is 8.52. The highest BCUT2D eigenvalue weighted by molar-refractivity contribution is 5.71. The molecular weight excluding hydrogens is 769 g/mol. The summed E-state index contributed by atoms with van der Waals surface area (Å²) in [5.41, 5.74) is 0. The summed E-state index contributed by atoms with van der Waals surface area (Å²) in [7, 11) is 0. The van der Waals surface area contributed by atoms with Gasteiger partial charge in [-0.05, 0) is 31.1 Å². The molecule has 0 rings (SSSR count). The molecule has 368 valence electrons. The van der Waals surface area contributed by atoms with Crippen LogP contribution >= 0.6 is 0 Å². The number of carbonyl (C=O) groups excluding carboxylic acids is 3. The van der Waals surface area contributed by atoms with Crippen LogP contribution in [0.4, 0.5) is 0 Å². The van der Waals surface area contributed by atoms with E-state index in [1.165, 1.54) is 199 Å². The van der Waals surface area contributed by atoms with E-state index in [1.807, 2.05) is 0 Å². The SMILES string of the molecule is CCCCCCCCCCCCCCCCCCCC(=O)OC[C@@H](COC(=O)CCCCCCCCCCCCCCCC(C)C)OC(=O)CCCCCCCCCCC(C)C. The van der Waals surface area contributed by atoms with E-state index in [0.29, 0.717) is 19.3 Å². The molecule has 0 amide bonds. The van der Waals surface area contributed by atoms with Crippen molar-refractivity contribution < 1.29 is 28.6 Å². The second-order valence-electron chi connectivity index (χ2n) is 20.2. The van der Waals surface area contributed by atoms with Crippen LogP contribution in [-0.2, 0) is 28.6 Å². The van der Waals surface area contributed by atoms with Crippen LogP contribution in [0.3, 0.4) is 0 Å². The molecule has 0 aromatic heterocycles. The summed E-state index contributed by atoms with van der Waals surface area (Å²) in [6.45, 7) is 11.4. The van der Waals surface area contributed by atoms with Crippen LogP contribution in [0.25, 0.3) is 0 Å². The van der Waals surface area contributed by atoms with Crippen LogP contribution in [0, 0.1) is 11.8 Å². The normalized spacial score (nSPS) is 12.0. The second kappa shape index (κ2) is 48.9. The van der Waals surface area contributed by atoms with Crippen molar-refractivity contribution in [3.05, 3.63) is 0 Å². The van der Waals surface area contributed by atoms with Gasteiger partial charge in [0.05, 0.1) is 0 Å². The van der Waals surface area contributed by atoms with Gasteiger partial charge in [-0.3, -0.25) is 14.4 Å². The monoisotopic (exact) mass is 877 g/mol. The molecule has 6 nitrogen and oxygen atoms in total. The van der Waals surface area contributed by atoms with E-state index in [0.717, 1.165) is 69.6 Å². The standard InChI is InChI=1S/C56H108O6/c1-6-7-8-9-10-11-12-13-14-15-16-19-22-25-31-36-41-46-54(57)60-49-53(62-56(59)48-43-38-33-28-27-30-35-40-45-52(4)5)50-61-55(58)47-42-37-32-26-23-20-17-18-21-24-29-34-39-44-51(2)3/h51-53H,6-50H2,1-5H3/t53-/m0/s1. The summed E-state index contributed by atoms with van der Waals surface area (Å²) in [5, 5.41) is 0. The molecule has 0 aromatic carbocycles. The fraction of sp³-hybridized carbons (Fsp3) is 0.946. The van der Waals surface area contributed by atoms with Crippen molar-refractivity contribution in [2.24, 2.45) is 11.8 Å². The lowest BCUT2D eigenvalue weighted by atomic mass is 10.0. The number of carbonyl (C=O) groups is 3. The van der Waals surface area contributed by atoms with Crippen molar-refractivity contribution in [2.75, 3.05) is 13.2 Å². The quantitative estimate of drug-likeness (QED) is 0.0344. The van der Waals surface area contributed by atoms with Crippen LogP contribution < -0.4 is 0 Å². The van der Waals surface area contributed by atoms with Gasteiger partial charge < -0.3 is 14.2 Å². The molecule has 0 saturated heterocycles. The Kier molecular flexibility index (Phi) is 47.6. The van der Waals surface area contributed by atoms with Crippen LogP contribution in [0.15, 0.2) is 0 Å². The van der Waals surface area contributed by atoms with E-state index in [9.17, 15) is 14.4 Å². The summed E-state index contributed by atoms with van der Waals surface area (Å²) >= 11 is 0. The molecule has 0 aliphatic carbocycles. The molecule has 0 fully saturated rings. The number of hydrogen-bond donors (Lipinski definition) is 0. The Hall–Kier alpha value is -1.59. The molecular formula is C56H108O6. The highest BCUT2D eigenvalue weighted by Gasteiger charge is 2.19. The highest BCUT2D eigenvalue weighted by Crippen LogP contribution is 2.18. The molecule has 0 N–H and O–H groups in total. The van der Waals surface area contributed by atoms with Gasteiger partial charge in [-0.15, -0.1) is 0 Å². The van der Waals surface area contributed by atoms with Crippen molar-refractivity contribution in [3.63, 3.8) is 0 Å². The number of ether oxygens (including phenoxy) is 3. The average molecular weight is 877 g/mol. The van der Waals surface area contributed by atoms with Crippen molar-refractivity contribution in [1.82, 2.24) is 0 Å². The van der Waals surface area contributed by atoms with Gasteiger partial charge in [0, 0.05) is 19.3 Å². The molecule has 6 heteroatoms. The molecule has 62 heavy (non-hydrogen) atoms. The Balaban J connectivity index is 4.26. The van der Waals surface area contributed by atoms with E-state index in [4.69, 9.17) is 14.2 Å². The van der Waals surface area contributed by atoms with Crippen molar-refractivity contribution in [1.29, 1.82) is 0 Å². The Morgan fingerprint density at radius 2 is 0.532 bits per heavy atom. The van der Waals surface area contributed by atoms with Crippen LogP contribution in [0.1, 0.15) is 311 Å². The topological polar surface area (TPSA) is 78.9 Å². The summed E-state index contributed by atoms with van der Waals surface area (Å²) in [6.07, 6.45) is 51.0. The van der Waals surface area contributed by atoms with Gasteiger partial charge in [0.25, 0.3) is 0 Å². The maximum atomic E-state index is 12.8. The Labute approximate surface area is 387 Å². The van der Waals surface area contributed by atoms with Crippen molar-refractivity contribution >= 4 is 17.9 Å². The van der Waals surface area contributed by atoms with Crippen molar-refractivity contribution in [3.8, 4) is 0 Å². The van der Waals surface area contributed by atoms with Gasteiger partial charge in [-0.1, -0.05) is 272 Å². The van der Waals surface area contributed by atoms with Gasteiger partial charge in [0.1, 0.15) is 13.2 Å². The molecule has 0 radical (unpaired) electrons. The average Bonchev–Trinajstić information content (AvgIpc) is 3.24. The van der Waals surface area contributed by atoms with Crippen LogP contribution in [0.2, 0.25) is 0 Å². The van der Waals surface area contributed by atoms with Gasteiger partial charge in [0.15, 0.2) is 6.10 Å². The van der Waals surface area contributed by atoms with Gasteiger partial charge in [-0.2, -0.15) is 0 Å². The smallest absolute Gasteiger partial charge is 0.306 e. The lowest BCUT2D eigenvalue weighted by Gasteiger charge is -2.18. The zero-order valence-electron chi connectivity index (χ0n) is 42.5. The molecule has 0 aliphatic rings. The minimum atomic E-state index is -0.762. The van der Waals surface area contributed by atoms with Crippen molar-refractivity contribution in [2.45, 2.75) is 317 Å². The molecule has 0 saturated carbocycles. The Morgan fingerprint density at radius 1 is 0.306 bits per heavy atom. The minimum absolute atomic E-state index is 0.0636. The van der Waals surface area contributed by atoms with Crippen LogP contribution in [-0.4, -0.2) is 37.2 Å². The first kappa shape index (κ1) is 60.4. The Bertz CT molecular complexity index is 947. The van der Waals surface area contributed by atoms with Crippen LogP contribution in [0.5, 0.6) is 0 Å². The van der Waals surface area contributed by atoms with Gasteiger partial charge in [0.2, 0.25) is 0 Å². The van der Waals surface area contributed by atoms with E-state index in [-0.39, 0.29) is 31.1 Å². The zero-order chi connectivity index (χ0) is 45.4. The van der Waals surface area contributed by atoms with Gasteiger partial charge in [-0.25, -0.2) is 0 Å². The third kappa shape index (κ3) is 49.4. The predicted molar refractivity (Wildman–Crippen MR) is 266 cm³/mol. The lowest BCUT2D eigenvalue weighted by molar-refractivity contribution is -0.167. The van der Waals surface area contributed by atoms with Gasteiger partial charge >= 0.3 is 17.9 Å². The summed E-state index contributed by atoms with van der Waals surface area (Å²) < 4.78 is 16.8. The van der Waals surface area contributed by atoms with E-state index in [2.05, 4.69) is 34.6 Å². The largest absolute Gasteiger partial charge is 0.462 e. The first-order valence-electron chi connectivity index (χ1n) is 27.7. The molecule has 0 bridgehead atoms. The maximum Gasteiger partial charge on any atom is 0.306 e. The second-order valence-corrected chi connectivity index (χ2v) is 20.2. The molecule has 1 atom stereocenters. The Morgan fingerprint density at radius 3 is 0.790 bits per heavy atom. The molecule has 0 unspecified atom stereocenters. The molecule has 0 heterocycles. The number of esters is 3. The maximum absolute atomic E-state index is 12.8. The third-order valence-corrected chi connectivity index (χ3v) is 12.7. The fourth-order valence-electron chi connectivity index (χ4n) is 8.52. The van der Waals surface area contributed by atoms with E-state index < -0.39 is 6.10 Å². The summed E-state index contributed by atoms with van der Waals surface area (Å²) in [5.74, 6) is 0.788. The molecule has 0 aromatic rings. The first-order valence-corrected chi connectivity index (χ1v) is 27.7. The summed E-state index contributed by atoms with van der Waals surface area (Å²) in [6, 6.07) is 0. The molecule has 0 spiro atoms. The minimum Gasteiger partial charge on any atom is -0.462 e. The number of unbranched alkanes of at least 4 members (excludes halogenated alkanes) is 35. The molecule has 0 aliphatic heterocycles. The highest BCUT2D eigenvalue weighted by atomic mass is 16.6. The predicted octanol–water partition coefficient (Wildman–Crippen LogP) is 18.1. The number of hydrogen-bond acceptors (Lipinski definition) is 6. The summed E-state index contributed by atoms with van der Waals surface area (Å²) in [4.78, 5) is 38.0. The van der Waals surface area contributed by atoms with E-state index in [1.54, 1.807) is 0 Å². The lowest BCUT2D eigenvalue weighted by Crippen LogP contribution is -2.30. The zero-order valence-corrected chi connectivity index (χ0v) is 42.5. The first-order chi connectivity index (χ1) is 30.2. The third-order valence-electron chi connectivity index (χ3n) is 12.7. The van der Waals surface area contributed by atoms with E-state index >= 15 is 0 Å². The number of rotatable bonds is 50.